The van der Waals surface area contributed by atoms with E-state index in [-0.39, 0.29) is 10.6 Å². The summed E-state index contributed by atoms with van der Waals surface area (Å²) < 4.78 is 0.569. The number of carboxylic acid groups (broad SMARTS) is 1. The molecule has 1 amide bonds. The zero-order valence-electron chi connectivity index (χ0n) is 19.8. The fraction of sp³-hybridized carbons (Fsp3) is 0.440. The van der Waals surface area contributed by atoms with Gasteiger partial charge in [-0.1, -0.05) is 48.6 Å². The number of benzene rings is 2. The van der Waals surface area contributed by atoms with Crippen molar-refractivity contribution in [1.82, 2.24) is 15.2 Å². The predicted octanol–water partition coefficient (Wildman–Crippen LogP) is 3.83. The van der Waals surface area contributed by atoms with Crippen LogP contribution in [0.25, 0.3) is 10.2 Å². The zero-order chi connectivity index (χ0) is 25.2. The first kappa shape index (κ1) is 27.1. The van der Waals surface area contributed by atoms with Crippen LogP contribution >= 0.6 is 23.1 Å². The lowest BCUT2D eigenvalue weighted by Gasteiger charge is -2.19. The van der Waals surface area contributed by atoms with Gasteiger partial charge < -0.3 is 30.5 Å². The lowest BCUT2D eigenvalue weighted by Crippen LogP contribution is -2.32. The number of aromatic hydroxyl groups is 1. The molecule has 0 bridgehead atoms. The number of carbonyl (C=O) groups is 1. The van der Waals surface area contributed by atoms with Gasteiger partial charge in [0.05, 0.1) is 10.8 Å². The maximum atomic E-state index is 11.6. The minimum atomic E-state index is -0.883. The van der Waals surface area contributed by atoms with E-state index < -0.39 is 12.2 Å². The van der Waals surface area contributed by atoms with Crippen LogP contribution in [0.3, 0.4) is 0 Å². The van der Waals surface area contributed by atoms with E-state index >= 15 is 0 Å². The second kappa shape index (κ2) is 13.5. The number of hydrogen-bond acceptors (Lipinski definition) is 7. The van der Waals surface area contributed by atoms with Gasteiger partial charge in [0, 0.05) is 37.5 Å². The van der Waals surface area contributed by atoms with Crippen LogP contribution < -0.4 is 10.2 Å². The summed E-state index contributed by atoms with van der Waals surface area (Å²) in [6.07, 6.45) is 0.812. The number of aromatic nitrogens is 1. The van der Waals surface area contributed by atoms with Gasteiger partial charge >= 0.3 is 11.0 Å². The third-order valence-corrected chi connectivity index (χ3v) is 7.80. The standard InChI is InChI=1S/C25H33N3O5S2/c1-2-17-4-6-18(7-5-17)10-13-28(25(32)33)12-3-14-34-15-11-26-16-21(30)19-8-9-20(29)22-23(19)35-24(31)27-22/h4-9,21,26,29-30H,2-3,10-16H2,1H3,(H,27,31)(H,32,33)/t21-/m1/s1. The molecule has 0 unspecified atom stereocenters. The fourth-order valence-corrected chi connectivity index (χ4v) is 5.51. The molecule has 10 heteroatoms. The number of rotatable bonds is 14. The van der Waals surface area contributed by atoms with Crippen LogP contribution in [0.15, 0.2) is 41.2 Å². The lowest BCUT2D eigenvalue weighted by atomic mass is 10.1. The summed E-state index contributed by atoms with van der Waals surface area (Å²) in [5.41, 5.74) is 3.39. The Morgan fingerprint density at radius 3 is 2.60 bits per heavy atom. The monoisotopic (exact) mass is 519 g/mol. The topological polar surface area (TPSA) is 126 Å². The number of phenolic OH excluding ortho intramolecular Hbond substituents is 1. The number of nitrogens with one attached hydrogen (secondary N) is 2. The van der Waals surface area contributed by atoms with Crippen molar-refractivity contribution in [2.45, 2.75) is 32.3 Å². The smallest absolute Gasteiger partial charge is 0.407 e. The van der Waals surface area contributed by atoms with Gasteiger partial charge in [0.2, 0.25) is 0 Å². The molecule has 1 aromatic heterocycles. The average Bonchev–Trinajstić information content (AvgIpc) is 3.25. The van der Waals surface area contributed by atoms with Crippen LogP contribution in [0, 0.1) is 0 Å². The molecule has 190 valence electrons. The predicted molar refractivity (Wildman–Crippen MR) is 143 cm³/mol. The van der Waals surface area contributed by atoms with Crippen molar-refractivity contribution >= 4 is 39.4 Å². The van der Waals surface area contributed by atoms with E-state index in [1.807, 2.05) is 0 Å². The number of hydrogen-bond donors (Lipinski definition) is 5. The normalized spacial score (nSPS) is 12.2. The summed E-state index contributed by atoms with van der Waals surface area (Å²) in [6.45, 7) is 4.15. The highest BCUT2D eigenvalue weighted by Crippen LogP contribution is 2.31. The molecule has 0 radical (unpaired) electrons. The molecule has 3 aromatic rings. The number of amides is 1. The van der Waals surface area contributed by atoms with Gasteiger partial charge in [-0.2, -0.15) is 11.8 Å². The highest BCUT2D eigenvalue weighted by molar-refractivity contribution is 7.99. The molecule has 2 aromatic carbocycles. The number of nitrogens with zero attached hydrogens (tertiary/aromatic N) is 1. The molecule has 1 heterocycles. The molecule has 0 aliphatic rings. The summed E-state index contributed by atoms with van der Waals surface area (Å²) in [5, 5.41) is 33.1. The first-order valence-corrected chi connectivity index (χ1v) is 13.7. The minimum Gasteiger partial charge on any atom is -0.506 e. The van der Waals surface area contributed by atoms with Crippen LogP contribution in [0.4, 0.5) is 4.79 Å². The molecular weight excluding hydrogens is 486 g/mol. The van der Waals surface area contributed by atoms with E-state index in [0.717, 1.165) is 41.2 Å². The van der Waals surface area contributed by atoms with Crippen molar-refractivity contribution in [2.24, 2.45) is 0 Å². The highest BCUT2D eigenvalue weighted by atomic mass is 32.2. The quantitative estimate of drug-likeness (QED) is 0.205. The molecule has 0 saturated heterocycles. The van der Waals surface area contributed by atoms with E-state index in [1.54, 1.807) is 17.8 Å². The molecule has 35 heavy (non-hydrogen) atoms. The molecule has 5 N–H and O–H groups in total. The number of aliphatic hydroxyl groups excluding tert-OH is 1. The molecule has 0 saturated carbocycles. The molecular formula is C25H33N3O5S2. The van der Waals surface area contributed by atoms with Crippen molar-refractivity contribution in [3.63, 3.8) is 0 Å². The maximum Gasteiger partial charge on any atom is 0.407 e. The SMILES string of the molecule is CCc1ccc(CCN(CCCSCCNC[C@@H](O)c2ccc(O)c3[nH]c(=O)sc23)C(=O)O)cc1. The van der Waals surface area contributed by atoms with Crippen molar-refractivity contribution < 1.29 is 20.1 Å². The Hall–Kier alpha value is -2.53. The van der Waals surface area contributed by atoms with Crippen LogP contribution in [-0.4, -0.2) is 69.0 Å². The number of thioether (sulfide) groups is 1. The third kappa shape index (κ3) is 7.99. The Kier molecular flexibility index (Phi) is 10.5. The van der Waals surface area contributed by atoms with Gasteiger partial charge in [-0.25, -0.2) is 4.79 Å². The van der Waals surface area contributed by atoms with Crippen molar-refractivity contribution in [3.8, 4) is 5.75 Å². The van der Waals surface area contributed by atoms with Crippen LogP contribution in [0.1, 0.15) is 36.1 Å². The van der Waals surface area contributed by atoms with Crippen molar-refractivity contribution in [2.75, 3.05) is 37.7 Å². The Morgan fingerprint density at radius 1 is 1.14 bits per heavy atom. The highest BCUT2D eigenvalue weighted by Gasteiger charge is 2.16. The molecule has 0 spiro atoms. The number of aliphatic hydroxyl groups is 1. The fourth-order valence-electron chi connectivity index (χ4n) is 3.76. The van der Waals surface area contributed by atoms with Gasteiger partial charge in [-0.3, -0.25) is 4.79 Å². The molecule has 0 aliphatic carbocycles. The molecule has 3 rings (SSSR count). The number of fused-ring (bicyclic) bond motifs is 1. The van der Waals surface area contributed by atoms with Crippen LogP contribution in [-0.2, 0) is 12.8 Å². The Labute approximate surface area is 213 Å². The van der Waals surface area contributed by atoms with Crippen LogP contribution in [0.2, 0.25) is 0 Å². The summed E-state index contributed by atoms with van der Waals surface area (Å²) in [6, 6.07) is 11.4. The van der Waals surface area contributed by atoms with Gasteiger partial charge in [-0.15, -0.1) is 0 Å². The zero-order valence-corrected chi connectivity index (χ0v) is 21.5. The minimum absolute atomic E-state index is 0.00856. The summed E-state index contributed by atoms with van der Waals surface area (Å²) >= 11 is 2.71. The van der Waals surface area contributed by atoms with Crippen molar-refractivity contribution in [1.29, 1.82) is 0 Å². The maximum absolute atomic E-state index is 11.6. The van der Waals surface area contributed by atoms with Gasteiger partial charge in [0.1, 0.15) is 11.3 Å². The number of phenols is 1. The van der Waals surface area contributed by atoms with Crippen LogP contribution in [0.5, 0.6) is 5.75 Å². The summed E-state index contributed by atoms with van der Waals surface area (Å²) in [5.74, 6) is 1.69. The molecule has 1 atom stereocenters. The van der Waals surface area contributed by atoms with Gasteiger partial charge in [0.25, 0.3) is 0 Å². The Morgan fingerprint density at radius 2 is 1.89 bits per heavy atom. The van der Waals surface area contributed by atoms with Gasteiger partial charge in [-0.05, 0) is 42.2 Å². The molecule has 8 nitrogen and oxygen atoms in total. The van der Waals surface area contributed by atoms with E-state index in [2.05, 4.69) is 41.5 Å². The number of aryl methyl sites for hydroxylation is 1. The number of aromatic amines is 1. The second-order valence-electron chi connectivity index (χ2n) is 8.27. The molecule has 0 aliphatic heterocycles. The Bertz CT molecular complexity index is 1150. The average molecular weight is 520 g/mol. The third-order valence-electron chi connectivity index (χ3n) is 5.80. The second-order valence-corrected chi connectivity index (χ2v) is 10.5. The summed E-state index contributed by atoms with van der Waals surface area (Å²) in [4.78, 5) is 27.0. The van der Waals surface area contributed by atoms with Crippen molar-refractivity contribution in [3.05, 3.63) is 62.8 Å². The largest absolute Gasteiger partial charge is 0.506 e. The molecule has 0 fully saturated rings. The number of H-pyrrole nitrogens is 1. The number of thiazole rings is 1. The van der Waals surface area contributed by atoms with E-state index in [9.17, 15) is 24.9 Å². The lowest BCUT2D eigenvalue weighted by molar-refractivity contribution is 0.146. The van der Waals surface area contributed by atoms with Gasteiger partial charge in [0.15, 0.2) is 0 Å². The van der Waals surface area contributed by atoms with E-state index in [1.165, 1.54) is 16.5 Å². The first-order chi connectivity index (χ1) is 16.9. The summed E-state index contributed by atoms with van der Waals surface area (Å²) in [7, 11) is 0. The van der Waals surface area contributed by atoms with E-state index in [0.29, 0.717) is 48.4 Å². The van der Waals surface area contributed by atoms with E-state index in [4.69, 9.17) is 0 Å². The first-order valence-electron chi connectivity index (χ1n) is 11.8. The Balaban J connectivity index is 1.31.